The normalized spacial score (nSPS) is 40.3. The molecule has 14 heavy (non-hydrogen) atoms. The predicted molar refractivity (Wildman–Crippen MR) is 52.2 cm³/mol. The van der Waals surface area contributed by atoms with Crippen molar-refractivity contribution in [3.63, 3.8) is 0 Å². The van der Waals surface area contributed by atoms with Gasteiger partial charge < -0.3 is 14.6 Å². The van der Waals surface area contributed by atoms with E-state index in [-0.39, 0.29) is 6.10 Å². The van der Waals surface area contributed by atoms with E-state index in [0.717, 1.165) is 39.3 Å². The Kier molecular flexibility index (Phi) is 3.07. The molecule has 2 heterocycles. The van der Waals surface area contributed by atoms with E-state index in [1.54, 1.807) is 0 Å². The summed E-state index contributed by atoms with van der Waals surface area (Å²) in [6, 6.07) is 0. The summed E-state index contributed by atoms with van der Waals surface area (Å²) >= 11 is 0. The lowest BCUT2D eigenvalue weighted by molar-refractivity contribution is -0.0656. The number of morpholine rings is 1. The van der Waals surface area contributed by atoms with Crippen LogP contribution in [-0.4, -0.2) is 61.2 Å². The maximum absolute atomic E-state index is 10.3. The van der Waals surface area contributed by atoms with Crippen LogP contribution in [0.1, 0.15) is 13.3 Å². The maximum atomic E-state index is 10.3. The Labute approximate surface area is 84.8 Å². The predicted octanol–water partition coefficient (Wildman–Crippen LogP) is -0.142. The van der Waals surface area contributed by atoms with Crippen molar-refractivity contribution in [1.29, 1.82) is 0 Å². The van der Waals surface area contributed by atoms with E-state index in [2.05, 4.69) is 4.90 Å². The molecule has 2 saturated heterocycles. The van der Waals surface area contributed by atoms with E-state index in [0.29, 0.717) is 6.61 Å². The van der Waals surface area contributed by atoms with Gasteiger partial charge in [-0.25, -0.2) is 0 Å². The first kappa shape index (κ1) is 10.4. The molecular weight excluding hydrogens is 182 g/mol. The fourth-order valence-electron chi connectivity index (χ4n) is 2.12. The number of nitrogens with zero attached hydrogens (tertiary/aromatic N) is 1. The average molecular weight is 201 g/mol. The van der Waals surface area contributed by atoms with Gasteiger partial charge in [-0.2, -0.15) is 0 Å². The van der Waals surface area contributed by atoms with Gasteiger partial charge in [0.15, 0.2) is 0 Å². The second kappa shape index (κ2) is 4.14. The molecule has 0 aliphatic carbocycles. The molecule has 0 saturated carbocycles. The molecule has 0 aromatic carbocycles. The number of rotatable bonds is 2. The molecule has 2 unspecified atom stereocenters. The summed E-state index contributed by atoms with van der Waals surface area (Å²) in [7, 11) is 0. The van der Waals surface area contributed by atoms with E-state index in [9.17, 15) is 5.11 Å². The van der Waals surface area contributed by atoms with Crippen LogP contribution in [0.4, 0.5) is 0 Å². The van der Waals surface area contributed by atoms with E-state index >= 15 is 0 Å². The fourth-order valence-corrected chi connectivity index (χ4v) is 2.12. The zero-order valence-corrected chi connectivity index (χ0v) is 8.74. The summed E-state index contributed by atoms with van der Waals surface area (Å²) in [4.78, 5) is 2.26. The van der Waals surface area contributed by atoms with Gasteiger partial charge in [-0.15, -0.1) is 0 Å². The molecule has 0 amide bonds. The molecule has 4 nitrogen and oxygen atoms in total. The van der Waals surface area contributed by atoms with Crippen LogP contribution in [-0.2, 0) is 9.47 Å². The summed E-state index contributed by atoms with van der Waals surface area (Å²) in [5.74, 6) is 0. The molecule has 2 aliphatic rings. The maximum Gasteiger partial charge on any atom is 0.105 e. The molecule has 2 aliphatic heterocycles. The molecule has 2 atom stereocenters. The highest BCUT2D eigenvalue weighted by molar-refractivity contribution is 4.92. The molecule has 0 radical (unpaired) electrons. The Balaban J connectivity index is 1.88. The smallest absolute Gasteiger partial charge is 0.105 e. The fraction of sp³-hybridized carbons (Fsp3) is 1.00. The molecule has 82 valence electrons. The molecule has 0 aromatic rings. The van der Waals surface area contributed by atoms with Gasteiger partial charge in [0, 0.05) is 32.7 Å². The van der Waals surface area contributed by atoms with Crippen LogP contribution >= 0.6 is 0 Å². The van der Waals surface area contributed by atoms with E-state index in [1.807, 2.05) is 6.92 Å². The van der Waals surface area contributed by atoms with Crippen molar-refractivity contribution in [1.82, 2.24) is 4.90 Å². The Morgan fingerprint density at radius 1 is 1.36 bits per heavy atom. The molecule has 2 fully saturated rings. The molecule has 4 heteroatoms. The highest BCUT2D eigenvalue weighted by atomic mass is 16.5. The third kappa shape index (κ3) is 2.08. The molecule has 0 bridgehead atoms. The van der Waals surface area contributed by atoms with Crippen molar-refractivity contribution < 1.29 is 14.6 Å². The van der Waals surface area contributed by atoms with Gasteiger partial charge in [0.2, 0.25) is 0 Å². The first-order valence-electron chi connectivity index (χ1n) is 5.35. The lowest BCUT2D eigenvalue weighted by Gasteiger charge is -2.35. The third-order valence-electron chi connectivity index (χ3n) is 3.26. The van der Waals surface area contributed by atoms with Crippen molar-refractivity contribution >= 4 is 0 Å². The van der Waals surface area contributed by atoms with E-state index in [1.165, 1.54) is 0 Å². The zero-order chi connectivity index (χ0) is 10.0. The molecule has 2 rings (SSSR count). The molecular formula is C10H19NO3. The molecule has 1 N–H and O–H groups in total. The van der Waals surface area contributed by atoms with Gasteiger partial charge in [-0.05, 0) is 6.92 Å². The van der Waals surface area contributed by atoms with Crippen molar-refractivity contribution in [2.24, 2.45) is 0 Å². The summed E-state index contributed by atoms with van der Waals surface area (Å²) < 4.78 is 10.7. The quantitative estimate of drug-likeness (QED) is 0.675. The lowest BCUT2D eigenvalue weighted by atomic mass is 9.96. The number of ether oxygens (including phenoxy) is 2. The van der Waals surface area contributed by atoms with Crippen molar-refractivity contribution in [3.8, 4) is 0 Å². The zero-order valence-electron chi connectivity index (χ0n) is 8.74. The summed E-state index contributed by atoms with van der Waals surface area (Å²) in [5, 5.41) is 10.3. The van der Waals surface area contributed by atoms with Crippen molar-refractivity contribution in [3.05, 3.63) is 0 Å². The van der Waals surface area contributed by atoms with Gasteiger partial charge >= 0.3 is 0 Å². The Bertz CT molecular complexity index is 194. The average Bonchev–Trinajstić information content (AvgIpc) is 2.48. The van der Waals surface area contributed by atoms with Crippen LogP contribution in [0.5, 0.6) is 0 Å². The second-order valence-electron chi connectivity index (χ2n) is 4.26. The number of hydrogen-bond acceptors (Lipinski definition) is 4. The van der Waals surface area contributed by atoms with Gasteiger partial charge in [0.05, 0.1) is 19.3 Å². The lowest BCUT2D eigenvalue weighted by Crippen LogP contribution is -2.50. The van der Waals surface area contributed by atoms with Crippen LogP contribution in [0, 0.1) is 0 Å². The largest absolute Gasteiger partial charge is 0.386 e. The molecule has 0 aromatic heterocycles. The topological polar surface area (TPSA) is 41.9 Å². The van der Waals surface area contributed by atoms with Crippen LogP contribution < -0.4 is 0 Å². The minimum atomic E-state index is -0.642. The monoisotopic (exact) mass is 201 g/mol. The van der Waals surface area contributed by atoms with Gasteiger partial charge in [0.1, 0.15) is 5.60 Å². The minimum absolute atomic E-state index is 0.0367. The Morgan fingerprint density at radius 3 is 2.64 bits per heavy atom. The third-order valence-corrected chi connectivity index (χ3v) is 3.26. The number of β-amino-alcohol motifs (C(OH)–C–C–N with tert-alkyl or cyclic N) is 1. The Morgan fingerprint density at radius 2 is 2.07 bits per heavy atom. The van der Waals surface area contributed by atoms with Crippen LogP contribution in [0.25, 0.3) is 0 Å². The highest BCUT2D eigenvalue weighted by Gasteiger charge is 2.40. The van der Waals surface area contributed by atoms with E-state index in [4.69, 9.17) is 9.47 Å². The van der Waals surface area contributed by atoms with Gasteiger partial charge in [-0.1, -0.05) is 0 Å². The first-order chi connectivity index (χ1) is 6.71. The van der Waals surface area contributed by atoms with Crippen molar-refractivity contribution in [2.75, 3.05) is 39.5 Å². The number of aliphatic hydroxyl groups is 1. The highest BCUT2D eigenvalue weighted by Crippen LogP contribution is 2.26. The molecule has 0 spiro atoms. The Hall–Kier alpha value is -0.160. The summed E-state index contributed by atoms with van der Waals surface area (Å²) in [5.41, 5.74) is -0.642. The van der Waals surface area contributed by atoms with E-state index < -0.39 is 5.60 Å². The minimum Gasteiger partial charge on any atom is -0.386 e. The standard InChI is InChI=1S/C10H19NO3/c1-9-10(12,2-5-14-9)8-11-3-6-13-7-4-11/h9,12H,2-8H2,1H3. The van der Waals surface area contributed by atoms with Gasteiger partial charge in [0.25, 0.3) is 0 Å². The summed E-state index contributed by atoms with van der Waals surface area (Å²) in [6.45, 7) is 6.77. The van der Waals surface area contributed by atoms with Crippen LogP contribution in [0.3, 0.4) is 0 Å². The summed E-state index contributed by atoms with van der Waals surface area (Å²) in [6.07, 6.45) is 0.719. The first-order valence-corrected chi connectivity index (χ1v) is 5.35. The van der Waals surface area contributed by atoms with Crippen LogP contribution in [0.2, 0.25) is 0 Å². The SMILES string of the molecule is CC1OCCC1(O)CN1CCOCC1. The second-order valence-corrected chi connectivity index (χ2v) is 4.26. The van der Waals surface area contributed by atoms with Crippen LogP contribution in [0.15, 0.2) is 0 Å². The van der Waals surface area contributed by atoms with Crippen molar-refractivity contribution in [2.45, 2.75) is 25.0 Å². The van der Waals surface area contributed by atoms with Gasteiger partial charge in [-0.3, -0.25) is 4.90 Å². The number of hydrogen-bond donors (Lipinski definition) is 1.